The van der Waals surface area contributed by atoms with Crippen molar-refractivity contribution in [1.82, 2.24) is 9.78 Å². The Balaban J connectivity index is 1.80. The van der Waals surface area contributed by atoms with Crippen LogP contribution in [-0.2, 0) is 4.74 Å². The number of nitrogens with zero attached hydrogens (tertiary/aromatic N) is 2. The first-order valence-electron chi connectivity index (χ1n) is 10.3. The first-order valence-corrected chi connectivity index (χ1v) is 11.9. The van der Waals surface area contributed by atoms with Gasteiger partial charge in [-0.25, -0.2) is 9.59 Å². The van der Waals surface area contributed by atoms with Crippen LogP contribution in [0.5, 0.6) is 0 Å². The molecule has 0 saturated heterocycles. The van der Waals surface area contributed by atoms with E-state index in [9.17, 15) is 19.2 Å². The highest BCUT2D eigenvalue weighted by Crippen LogP contribution is 2.28. The molecule has 0 atom stereocenters. The van der Waals surface area contributed by atoms with Crippen LogP contribution in [0.25, 0.3) is 16.7 Å². The van der Waals surface area contributed by atoms with Gasteiger partial charge in [0.2, 0.25) is 0 Å². The zero-order valence-corrected chi connectivity index (χ0v) is 21.6. The molecule has 178 valence electrons. The molecule has 0 saturated carbocycles. The molecular formula is C24H17Br2N3O6. The summed E-state index contributed by atoms with van der Waals surface area (Å²) in [6.45, 7) is 3.46. The predicted octanol–water partition coefficient (Wildman–Crippen LogP) is 4.60. The van der Waals surface area contributed by atoms with Crippen molar-refractivity contribution in [2.75, 3.05) is 11.9 Å². The van der Waals surface area contributed by atoms with Crippen LogP contribution >= 0.6 is 31.9 Å². The number of aryl methyl sites for hydroxylation is 1. The van der Waals surface area contributed by atoms with E-state index in [1.54, 1.807) is 50.2 Å². The fourth-order valence-electron chi connectivity index (χ4n) is 3.38. The molecule has 1 N–H and O–H groups in total. The zero-order valence-electron chi connectivity index (χ0n) is 18.4. The van der Waals surface area contributed by atoms with E-state index in [2.05, 4.69) is 42.3 Å². The lowest BCUT2D eigenvalue weighted by molar-refractivity contribution is 0.0518. The van der Waals surface area contributed by atoms with Crippen LogP contribution in [0.3, 0.4) is 0 Å². The number of halogens is 2. The summed E-state index contributed by atoms with van der Waals surface area (Å²) >= 11 is 6.67. The van der Waals surface area contributed by atoms with Crippen molar-refractivity contribution in [2.24, 2.45) is 0 Å². The number of amides is 1. The number of hydrogen-bond acceptors (Lipinski definition) is 7. The molecule has 0 unspecified atom stereocenters. The summed E-state index contributed by atoms with van der Waals surface area (Å²) in [6, 6.07) is 12.8. The monoisotopic (exact) mass is 601 g/mol. The molecule has 35 heavy (non-hydrogen) atoms. The molecule has 4 aromatic rings. The number of carbonyl (C=O) groups is 2. The highest BCUT2D eigenvalue weighted by atomic mass is 79.9. The van der Waals surface area contributed by atoms with Crippen molar-refractivity contribution in [3.63, 3.8) is 0 Å². The lowest BCUT2D eigenvalue weighted by atomic mass is 10.1. The van der Waals surface area contributed by atoms with Gasteiger partial charge in [-0.05, 0) is 59.6 Å². The first-order chi connectivity index (χ1) is 16.7. The van der Waals surface area contributed by atoms with Gasteiger partial charge in [0.15, 0.2) is 11.3 Å². The third kappa shape index (κ3) is 4.96. The molecule has 0 fully saturated rings. The van der Waals surface area contributed by atoms with Crippen molar-refractivity contribution >= 4 is 60.4 Å². The average Bonchev–Trinajstić information content (AvgIpc) is 2.80. The van der Waals surface area contributed by atoms with Gasteiger partial charge in [0.1, 0.15) is 5.56 Å². The van der Waals surface area contributed by atoms with Gasteiger partial charge >= 0.3 is 11.6 Å². The summed E-state index contributed by atoms with van der Waals surface area (Å²) in [5.74, 6) is -1.72. The van der Waals surface area contributed by atoms with Crippen LogP contribution in [0.1, 0.15) is 33.3 Å². The maximum Gasteiger partial charge on any atom is 0.360 e. The summed E-state index contributed by atoms with van der Waals surface area (Å²) in [4.78, 5) is 51.1. The number of ether oxygens (including phenoxy) is 1. The van der Waals surface area contributed by atoms with Gasteiger partial charge in [-0.2, -0.15) is 9.78 Å². The van der Waals surface area contributed by atoms with E-state index in [0.29, 0.717) is 20.0 Å². The number of fused-ring (bicyclic) bond motifs is 1. The molecule has 2 heterocycles. The van der Waals surface area contributed by atoms with Crippen molar-refractivity contribution in [1.29, 1.82) is 0 Å². The van der Waals surface area contributed by atoms with Crippen LogP contribution in [0.2, 0.25) is 0 Å². The van der Waals surface area contributed by atoms with E-state index in [0.717, 1.165) is 16.3 Å². The highest BCUT2D eigenvalue weighted by Gasteiger charge is 2.23. The van der Waals surface area contributed by atoms with Crippen LogP contribution in [-0.4, -0.2) is 28.3 Å². The Bertz CT molecular complexity index is 1610. The fourth-order valence-corrected chi connectivity index (χ4v) is 4.72. The summed E-state index contributed by atoms with van der Waals surface area (Å²) in [6.07, 6.45) is 0. The fraction of sp³-hybridized carbons (Fsp3) is 0.125. The molecule has 0 spiro atoms. The van der Waals surface area contributed by atoms with Crippen molar-refractivity contribution < 1.29 is 18.7 Å². The molecule has 2 aromatic heterocycles. The largest absolute Gasteiger partial charge is 0.461 e. The molecule has 0 aliphatic rings. The van der Waals surface area contributed by atoms with E-state index < -0.39 is 23.1 Å². The number of para-hydroxylation sites is 1. The number of anilines is 1. The maximum atomic E-state index is 13.0. The number of rotatable bonds is 5. The van der Waals surface area contributed by atoms with Gasteiger partial charge in [0, 0.05) is 15.9 Å². The zero-order chi connectivity index (χ0) is 25.3. The van der Waals surface area contributed by atoms with Crippen LogP contribution in [0.15, 0.2) is 71.5 Å². The number of carbonyl (C=O) groups excluding carboxylic acids is 2. The van der Waals surface area contributed by atoms with E-state index in [4.69, 9.17) is 9.15 Å². The van der Waals surface area contributed by atoms with Gasteiger partial charge in [-0.3, -0.25) is 9.59 Å². The van der Waals surface area contributed by atoms with E-state index in [-0.39, 0.29) is 29.1 Å². The van der Waals surface area contributed by atoms with Crippen molar-refractivity contribution in [3.8, 4) is 5.69 Å². The second-order valence-corrected chi connectivity index (χ2v) is 9.14. The summed E-state index contributed by atoms with van der Waals surface area (Å²) in [5.41, 5.74) is -0.813. The minimum Gasteiger partial charge on any atom is -0.461 e. The molecule has 0 aliphatic carbocycles. The smallest absolute Gasteiger partial charge is 0.360 e. The molecular weight excluding hydrogens is 586 g/mol. The topological polar surface area (TPSA) is 120 Å². The average molecular weight is 603 g/mol. The van der Waals surface area contributed by atoms with E-state index >= 15 is 0 Å². The summed E-state index contributed by atoms with van der Waals surface area (Å²) < 4.78 is 12.7. The molecule has 0 bridgehead atoms. The first kappa shape index (κ1) is 24.6. The maximum absolute atomic E-state index is 13.0. The Morgan fingerprint density at radius 1 is 1.11 bits per heavy atom. The normalized spacial score (nSPS) is 10.9. The van der Waals surface area contributed by atoms with Crippen LogP contribution in [0.4, 0.5) is 5.69 Å². The molecule has 11 heteroatoms. The third-order valence-electron chi connectivity index (χ3n) is 4.99. The number of esters is 1. The minimum atomic E-state index is -0.892. The third-order valence-corrected chi connectivity index (χ3v) is 6.04. The SMILES string of the molecule is CCOC(=O)c1nn(-c2ccccc2C)c(=O)cc1NC(=O)c1cc2cc(Br)cc(Br)c2oc1=O. The van der Waals surface area contributed by atoms with Crippen molar-refractivity contribution in [3.05, 3.63) is 95.1 Å². The Morgan fingerprint density at radius 3 is 2.57 bits per heavy atom. The van der Waals surface area contributed by atoms with Gasteiger partial charge in [0.25, 0.3) is 11.5 Å². The molecule has 4 rings (SSSR count). The molecule has 2 aromatic carbocycles. The minimum absolute atomic E-state index is 0.0510. The second-order valence-electron chi connectivity index (χ2n) is 7.37. The van der Waals surface area contributed by atoms with Crippen molar-refractivity contribution in [2.45, 2.75) is 13.8 Å². The lowest BCUT2D eigenvalue weighted by Crippen LogP contribution is -2.28. The standard InChI is InChI=1S/C24H17Br2N3O6/c1-3-34-24(33)20-17(11-19(30)29(28-20)18-7-5-4-6-12(18)2)27-22(31)15-9-13-8-14(25)10-16(26)21(13)35-23(15)32/h4-11H,3H2,1-2H3,(H,27,31). The predicted molar refractivity (Wildman–Crippen MR) is 136 cm³/mol. The number of nitrogens with one attached hydrogen (secondary N) is 1. The van der Waals surface area contributed by atoms with Gasteiger partial charge in [-0.15, -0.1) is 0 Å². The molecule has 9 nitrogen and oxygen atoms in total. The number of aromatic nitrogens is 2. The molecule has 1 amide bonds. The molecule has 0 radical (unpaired) electrons. The van der Waals surface area contributed by atoms with Gasteiger partial charge < -0.3 is 14.5 Å². The Kier molecular flexibility index (Phi) is 6.99. The number of hydrogen-bond donors (Lipinski definition) is 1. The second kappa shape index (κ2) is 9.96. The Labute approximate surface area is 215 Å². The quantitative estimate of drug-likeness (QED) is 0.262. The number of benzene rings is 2. The molecule has 0 aliphatic heterocycles. The van der Waals surface area contributed by atoms with Gasteiger partial charge in [-0.1, -0.05) is 34.1 Å². The Morgan fingerprint density at radius 2 is 1.86 bits per heavy atom. The van der Waals surface area contributed by atoms with E-state index in [1.807, 2.05) is 0 Å². The Hall–Kier alpha value is -3.57. The van der Waals surface area contributed by atoms with Gasteiger partial charge in [0.05, 0.1) is 22.5 Å². The summed E-state index contributed by atoms with van der Waals surface area (Å²) in [7, 11) is 0. The van der Waals surface area contributed by atoms with E-state index in [1.165, 1.54) is 6.07 Å². The lowest BCUT2D eigenvalue weighted by Gasteiger charge is -2.13. The summed E-state index contributed by atoms with van der Waals surface area (Å²) in [5, 5.41) is 7.08. The highest BCUT2D eigenvalue weighted by molar-refractivity contribution is 9.11. The van der Waals surface area contributed by atoms with Crippen LogP contribution in [0, 0.1) is 6.92 Å². The van der Waals surface area contributed by atoms with Crippen LogP contribution < -0.4 is 16.5 Å².